The van der Waals surface area contributed by atoms with E-state index in [0.717, 1.165) is 12.8 Å². The Labute approximate surface area is 108 Å². The van der Waals surface area contributed by atoms with Crippen molar-refractivity contribution in [1.29, 1.82) is 0 Å². The van der Waals surface area contributed by atoms with E-state index in [9.17, 15) is 0 Å². The molecule has 1 N–H and O–H groups in total. The Morgan fingerprint density at radius 1 is 0.889 bits per heavy atom. The van der Waals surface area contributed by atoms with Gasteiger partial charge >= 0.3 is 0 Å². The van der Waals surface area contributed by atoms with Crippen LogP contribution in [-0.4, -0.2) is 11.9 Å². The average Bonchev–Trinajstić information content (AvgIpc) is 2.37. The van der Waals surface area contributed by atoms with Crippen molar-refractivity contribution in [1.82, 2.24) is 0 Å². The highest BCUT2D eigenvalue weighted by Gasteiger charge is 1.93. The second kappa shape index (κ2) is 21.4. The van der Waals surface area contributed by atoms with Gasteiger partial charge in [-0.2, -0.15) is 0 Å². The molecule has 0 aromatic heterocycles. The van der Waals surface area contributed by atoms with E-state index in [2.05, 4.69) is 21.9 Å². The van der Waals surface area contributed by atoms with Gasteiger partial charge in [-0.15, -0.1) is 0 Å². The monoisotopic (exact) mass is 262 g/mol. The van der Waals surface area contributed by atoms with E-state index in [-0.39, 0.29) is 0 Å². The van der Waals surface area contributed by atoms with Crippen LogP contribution < -0.4 is 0 Å². The number of rotatable bonds is 12. The van der Waals surface area contributed by atoms with Crippen molar-refractivity contribution in [3.63, 3.8) is 0 Å². The van der Waals surface area contributed by atoms with Gasteiger partial charge in [-0.25, -0.2) is 10.1 Å². The molecule has 0 radical (unpaired) electrons. The predicted octanol–water partition coefficient (Wildman–Crippen LogP) is 4.74. The van der Waals surface area contributed by atoms with Crippen molar-refractivity contribution in [3.8, 4) is 0 Å². The summed E-state index contributed by atoms with van der Waals surface area (Å²) >= 11 is 0. The lowest BCUT2D eigenvalue weighted by molar-refractivity contribution is -0.623. The van der Waals surface area contributed by atoms with Gasteiger partial charge in [-0.1, -0.05) is 58.3 Å². The molecule has 0 aromatic rings. The fourth-order valence-corrected chi connectivity index (χ4v) is 1.53. The summed E-state index contributed by atoms with van der Waals surface area (Å²) < 4.78 is 0. The molecule has 18 heavy (non-hydrogen) atoms. The van der Waals surface area contributed by atoms with Crippen LogP contribution in [0.2, 0.25) is 0 Å². The zero-order valence-electron chi connectivity index (χ0n) is 11.1. The third-order valence-corrected chi connectivity index (χ3v) is 2.41. The Balaban J connectivity index is 0. The third-order valence-electron chi connectivity index (χ3n) is 2.41. The van der Waals surface area contributed by atoms with Crippen LogP contribution in [0, 0.1) is 0 Å². The lowest BCUT2D eigenvalue weighted by Crippen LogP contribution is -1.95. The molecule has 0 bridgehead atoms. The maximum Gasteiger partial charge on any atom is 0.0854 e. The van der Waals surface area contributed by atoms with Gasteiger partial charge in [0.25, 0.3) is 0 Å². The van der Waals surface area contributed by atoms with Gasteiger partial charge in [0.05, 0.1) is 6.61 Å². The zero-order valence-corrected chi connectivity index (χ0v) is 11.1. The van der Waals surface area contributed by atoms with E-state index in [4.69, 9.17) is 16.3 Å². The Morgan fingerprint density at radius 2 is 1.33 bits per heavy atom. The Bertz CT molecular complexity index is 164. The summed E-state index contributed by atoms with van der Waals surface area (Å²) in [7, 11) is 0. The molecule has 0 aliphatic carbocycles. The molecule has 0 aromatic carbocycles. The predicted molar refractivity (Wildman–Crippen MR) is 68.1 cm³/mol. The highest BCUT2D eigenvalue weighted by molar-refractivity contribution is 4.46. The summed E-state index contributed by atoms with van der Waals surface area (Å²) in [4.78, 5) is 5.97. The van der Waals surface area contributed by atoms with Crippen molar-refractivity contribution in [2.75, 3.05) is 6.61 Å². The van der Waals surface area contributed by atoms with E-state index < -0.39 is 0 Å². The number of hydrogen-bond donors (Lipinski definition) is 1. The van der Waals surface area contributed by atoms with Gasteiger partial charge in [-0.3, -0.25) is 4.91 Å². The molecule has 0 aliphatic heterocycles. The minimum absolute atomic E-state index is 0.469. The minimum atomic E-state index is 0.469. The first-order chi connectivity index (χ1) is 8.83. The van der Waals surface area contributed by atoms with Crippen LogP contribution in [0.3, 0.4) is 0 Å². The number of hydrogen-bond acceptors (Lipinski definition) is 4. The quantitative estimate of drug-likeness (QED) is 0.137. The van der Waals surface area contributed by atoms with E-state index >= 15 is 0 Å². The summed E-state index contributed by atoms with van der Waals surface area (Å²) in [6.45, 7) is 2.70. The van der Waals surface area contributed by atoms with Crippen LogP contribution in [0.15, 0.2) is 0 Å². The number of nitrogens with zero attached hydrogens (tertiary/aromatic N) is 3. The molecule has 0 spiro atoms. The molecule has 0 atom stereocenters. The van der Waals surface area contributed by atoms with Gasteiger partial charge in [0, 0.05) is 0 Å². The summed E-state index contributed by atoms with van der Waals surface area (Å²) in [5.41, 5.74) is 13.5. The average molecular weight is 262 g/mol. The van der Waals surface area contributed by atoms with Crippen molar-refractivity contribution in [3.05, 3.63) is 16.0 Å². The van der Waals surface area contributed by atoms with Crippen molar-refractivity contribution in [2.45, 2.75) is 64.7 Å². The van der Waals surface area contributed by atoms with E-state index in [0.29, 0.717) is 6.61 Å². The zero-order chi connectivity index (χ0) is 13.9. The largest absolute Gasteiger partial charge is 0.373 e. The molecule has 0 unspecified atom stereocenters. The molecule has 0 aliphatic rings. The van der Waals surface area contributed by atoms with Crippen LogP contribution >= 0.6 is 0 Å². The summed E-state index contributed by atoms with van der Waals surface area (Å²) in [5.74, 6) is 0. The van der Waals surface area contributed by atoms with Gasteiger partial charge in [0.2, 0.25) is 0 Å². The van der Waals surface area contributed by atoms with E-state index in [1.807, 2.05) is 0 Å². The van der Waals surface area contributed by atoms with Crippen LogP contribution in [0.1, 0.15) is 64.7 Å². The Morgan fingerprint density at radius 3 is 1.78 bits per heavy atom. The molecular weight excluding hydrogens is 238 g/mol. The normalized spacial score (nSPS) is 9.44. The summed E-state index contributed by atoms with van der Waals surface area (Å²) in [5, 5.41) is 14.9. The molecule has 7 heteroatoms. The molecule has 0 rings (SSSR count). The van der Waals surface area contributed by atoms with Gasteiger partial charge in [0.15, 0.2) is 0 Å². The molecule has 0 fully saturated rings. The fourth-order valence-electron chi connectivity index (χ4n) is 1.53. The maximum absolute atomic E-state index is 7.76. The molecule has 0 saturated heterocycles. The maximum atomic E-state index is 7.76. The first kappa shape index (κ1) is 19.5. The van der Waals surface area contributed by atoms with Crippen LogP contribution in [0.25, 0.3) is 16.0 Å². The smallest absolute Gasteiger partial charge is 0.0854 e. The van der Waals surface area contributed by atoms with Crippen molar-refractivity contribution in [2.24, 2.45) is 0 Å². The minimum Gasteiger partial charge on any atom is -0.373 e. The SMILES string of the molecule is CCCCCCCCCCCOOOO.[N-]=[N+]=[N-]. The standard InChI is InChI=1S/C11H24O4.N3/c1-2-3-4-5-6-7-8-9-10-11-13-15-14-12;1-3-2/h12H,2-11H2,1H3;/q;-1. The summed E-state index contributed by atoms with van der Waals surface area (Å²) in [6, 6.07) is 0. The molecule has 0 amide bonds. The van der Waals surface area contributed by atoms with Gasteiger partial charge in [-0.05, 0) is 16.5 Å². The van der Waals surface area contributed by atoms with Crippen LogP contribution in [-0.2, 0) is 15.0 Å². The first-order valence-corrected chi connectivity index (χ1v) is 6.41. The Hall–Kier alpha value is -0.850. The highest BCUT2D eigenvalue weighted by Crippen LogP contribution is 2.09. The van der Waals surface area contributed by atoms with Gasteiger partial charge in [0.1, 0.15) is 0 Å². The second-order valence-corrected chi connectivity index (χ2v) is 3.88. The molecule has 108 valence electrons. The highest BCUT2D eigenvalue weighted by atomic mass is 17.6. The van der Waals surface area contributed by atoms with Crippen molar-refractivity contribution >= 4 is 0 Å². The number of unbranched alkanes of at least 4 members (excludes halogenated alkanes) is 8. The van der Waals surface area contributed by atoms with Gasteiger partial charge < -0.3 is 11.1 Å². The first-order valence-electron chi connectivity index (χ1n) is 6.41. The molecular formula is C11H24N3O4-. The molecule has 0 heterocycles. The second-order valence-electron chi connectivity index (χ2n) is 3.88. The summed E-state index contributed by atoms with van der Waals surface area (Å²) in [6.07, 6.45) is 11.4. The lowest BCUT2D eigenvalue weighted by atomic mass is 10.1. The van der Waals surface area contributed by atoms with Crippen LogP contribution in [0.4, 0.5) is 0 Å². The van der Waals surface area contributed by atoms with Crippen molar-refractivity contribution < 1.29 is 20.2 Å². The van der Waals surface area contributed by atoms with E-state index in [1.165, 1.54) is 49.9 Å². The fraction of sp³-hybridized carbons (Fsp3) is 1.00. The van der Waals surface area contributed by atoms with Crippen LogP contribution in [0.5, 0.6) is 0 Å². The lowest BCUT2D eigenvalue weighted by Gasteiger charge is -2.01. The van der Waals surface area contributed by atoms with E-state index in [1.54, 1.807) is 0 Å². The topological polar surface area (TPSA) is 107 Å². The Kier molecular flexibility index (Phi) is 23.2. The third kappa shape index (κ3) is 24.4. The molecule has 0 saturated carbocycles. The molecule has 7 nitrogen and oxygen atoms in total.